The molecule has 0 aromatic carbocycles. The number of rotatable bonds is 5. The van der Waals surface area contributed by atoms with Crippen molar-refractivity contribution >= 4 is 5.78 Å². The Bertz CT molecular complexity index is 829. The molecule has 2 aromatic heterocycles. The SMILES string of the molecule is Cc1ccc(OC2CC3CN(CC(=O)c4ccc(O)cn4)CC3C2)c(F)n1. The molecule has 0 amide bonds. The maximum absolute atomic E-state index is 13.9. The van der Waals surface area contributed by atoms with E-state index in [1.54, 1.807) is 25.1 Å². The molecule has 142 valence electrons. The van der Waals surface area contributed by atoms with E-state index >= 15 is 0 Å². The molecule has 0 bridgehead atoms. The van der Waals surface area contributed by atoms with Crippen LogP contribution in [0.25, 0.3) is 0 Å². The molecule has 2 unspecified atom stereocenters. The lowest BCUT2D eigenvalue weighted by atomic mass is 10.0. The van der Waals surface area contributed by atoms with Gasteiger partial charge in [0.05, 0.1) is 18.8 Å². The van der Waals surface area contributed by atoms with Crippen LogP contribution in [0.15, 0.2) is 30.5 Å². The Balaban J connectivity index is 1.30. The van der Waals surface area contributed by atoms with E-state index in [0.29, 0.717) is 29.8 Å². The van der Waals surface area contributed by atoms with E-state index in [1.807, 2.05) is 0 Å². The summed E-state index contributed by atoms with van der Waals surface area (Å²) in [5.74, 6) is 0.579. The van der Waals surface area contributed by atoms with Crippen molar-refractivity contribution in [2.45, 2.75) is 25.9 Å². The predicted octanol–water partition coefficient (Wildman–Crippen LogP) is 2.60. The molecule has 1 saturated heterocycles. The Labute approximate surface area is 157 Å². The number of nitrogens with zero attached hydrogens (tertiary/aromatic N) is 3. The van der Waals surface area contributed by atoms with Crippen LogP contribution in [0, 0.1) is 24.7 Å². The topological polar surface area (TPSA) is 75.5 Å². The zero-order chi connectivity index (χ0) is 19.0. The molecule has 0 radical (unpaired) electrons. The highest BCUT2D eigenvalue weighted by molar-refractivity contribution is 5.95. The first-order chi connectivity index (χ1) is 13.0. The minimum Gasteiger partial charge on any atom is -0.506 e. The first-order valence-electron chi connectivity index (χ1n) is 9.18. The number of Topliss-reactive ketones (excluding diaryl/α,β-unsaturated/α-hetero) is 1. The Kier molecular flexibility index (Phi) is 4.78. The van der Waals surface area contributed by atoms with Gasteiger partial charge >= 0.3 is 0 Å². The minimum atomic E-state index is -0.555. The average molecular weight is 371 g/mol. The van der Waals surface area contributed by atoms with Gasteiger partial charge < -0.3 is 9.84 Å². The van der Waals surface area contributed by atoms with Crippen LogP contribution in [-0.4, -0.2) is 51.5 Å². The van der Waals surface area contributed by atoms with Crippen LogP contribution >= 0.6 is 0 Å². The maximum atomic E-state index is 13.9. The monoisotopic (exact) mass is 371 g/mol. The van der Waals surface area contributed by atoms with E-state index in [9.17, 15) is 14.3 Å². The zero-order valence-electron chi connectivity index (χ0n) is 15.1. The average Bonchev–Trinajstić information content (AvgIpc) is 3.15. The lowest BCUT2D eigenvalue weighted by Crippen LogP contribution is -2.30. The number of ether oxygens (including phenoxy) is 1. The fourth-order valence-electron chi connectivity index (χ4n) is 4.18. The summed E-state index contributed by atoms with van der Waals surface area (Å²) in [5, 5.41) is 9.27. The number of carbonyl (C=O) groups is 1. The van der Waals surface area contributed by atoms with Crippen molar-refractivity contribution in [2.24, 2.45) is 11.8 Å². The number of halogens is 1. The number of aromatic hydroxyl groups is 1. The Morgan fingerprint density at radius 1 is 1.26 bits per heavy atom. The molecule has 2 aliphatic rings. The highest BCUT2D eigenvalue weighted by Crippen LogP contribution is 2.40. The minimum absolute atomic E-state index is 0.00405. The van der Waals surface area contributed by atoms with Crippen LogP contribution in [0.1, 0.15) is 29.0 Å². The first-order valence-corrected chi connectivity index (χ1v) is 9.18. The molecule has 1 saturated carbocycles. The Morgan fingerprint density at radius 2 is 2.00 bits per heavy atom. The van der Waals surface area contributed by atoms with Gasteiger partial charge in [0.2, 0.25) is 0 Å². The summed E-state index contributed by atoms with van der Waals surface area (Å²) in [6.45, 7) is 3.75. The normalized spacial score (nSPS) is 24.7. The number of ketones is 1. The molecule has 7 heteroatoms. The van der Waals surface area contributed by atoms with E-state index in [2.05, 4.69) is 14.9 Å². The maximum Gasteiger partial charge on any atom is 0.255 e. The van der Waals surface area contributed by atoms with Crippen LogP contribution in [0.4, 0.5) is 4.39 Å². The Morgan fingerprint density at radius 3 is 2.63 bits per heavy atom. The van der Waals surface area contributed by atoms with Crippen molar-refractivity contribution in [1.82, 2.24) is 14.9 Å². The van der Waals surface area contributed by atoms with Crippen LogP contribution < -0.4 is 4.74 Å². The number of hydrogen-bond acceptors (Lipinski definition) is 6. The molecule has 0 spiro atoms. The molecule has 6 nitrogen and oxygen atoms in total. The van der Waals surface area contributed by atoms with Crippen molar-refractivity contribution in [3.63, 3.8) is 0 Å². The third-order valence-corrected chi connectivity index (χ3v) is 5.43. The molecule has 4 rings (SSSR count). The number of fused-ring (bicyclic) bond motifs is 1. The van der Waals surface area contributed by atoms with Crippen LogP contribution in [-0.2, 0) is 0 Å². The highest BCUT2D eigenvalue weighted by Gasteiger charge is 2.42. The van der Waals surface area contributed by atoms with Gasteiger partial charge in [-0.2, -0.15) is 4.39 Å². The quantitative estimate of drug-likeness (QED) is 0.643. The summed E-state index contributed by atoms with van der Waals surface area (Å²) >= 11 is 0. The number of aromatic nitrogens is 2. The van der Waals surface area contributed by atoms with Crippen molar-refractivity contribution in [2.75, 3.05) is 19.6 Å². The van der Waals surface area contributed by atoms with Crippen molar-refractivity contribution in [1.29, 1.82) is 0 Å². The summed E-state index contributed by atoms with van der Waals surface area (Å²) in [4.78, 5) is 22.3. The summed E-state index contributed by atoms with van der Waals surface area (Å²) in [6, 6.07) is 6.41. The lowest BCUT2D eigenvalue weighted by Gasteiger charge is -2.19. The Hall–Kier alpha value is -2.54. The van der Waals surface area contributed by atoms with Gasteiger partial charge in [-0.05, 0) is 55.9 Å². The zero-order valence-corrected chi connectivity index (χ0v) is 15.1. The summed E-state index contributed by atoms with van der Waals surface area (Å²) in [5.41, 5.74) is 1.000. The number of aryl methyl sites for hydroxylation is 1. The number of carbonyl (C=O) groups excluding carboxylic acids is 1. The fraction of sp³-hybridized carbons (Fsp3) is 0.450. The second kappa shape index (κ2) is 7.23. The number of pyridine rings is 2. The van der Waals surface area contributed by atoms with Gasteiger partial charge in [-0.3, -0.25) is 9.69 Å². The van der Waals surface area contributed by atoms with E-state index in [-0.39, 0.29) is 23.4 Å². The molecule has 1 aliphatic carbocycles. The standard InChI is InChI=1S/C20H22FN3O3/c1-12-2-5-19(20(21)23-12)27-16-6-13-9-24(10-14(13)7-16)11-18(26)17-4-3-15(25)8-22-17/h2-5,8,13-14,16,25H,6-7,9-11H2,1H3. The van der Waals surface area contributed by atoms with Gasteiger partial charge in [-0.1, -0.05) is 0 Å². The van der Waals surface area contributed by atoms with Crippen molar-refractivity contribution < 1.29 is 19.0 Å². The largest absolute Gasteiger partial charge is 0.506 e. The number of likely N-dealkylation sites (tertiary alicyclic amines) is 1. The van der Waals surface area contributed by atoms with Crippen LogP contribution in [0.5, 0.6) is 11.5 Å². The first kappa shape index (κ1) is 17.9. The third-order valence-electron chi connectivity index (χ3n) is 5.43. The molecular weight excluding hydrogens is 349 g/mol. The molecule has 2 atom stereocenters. The van der Waals surface area contributed by atoms with Gasteiger partial charge in [0.15, 0.2) is 11.5 Å². The summed E-state index contributed by atoms with van der Waals surface area (Å²) in [7, 11) is 0. The van der Waals surface area contributed by atoms with Crippen molar-refractivity contribution in [3.8, 4) is 11.5 Å². The molecule has 2 aromatic rings. The van der Waals surface area contributed by atoms with E-state index in [4.69, 9.17) is 4.74 Å². The highest BCUT2D eigenvalue weighted by atomic mass is 19.1. The molecule has 3 heterocycles. The molecule has 1 N–H and O–H groups in total. The smallest absolute Gasteiger partial charge is 0.255 e. The lowest BCUT2D eigenvalue weighted by molar-refractivity contribution is 0.0931. The molecule has 2 fully saturated rings. The van der Waals surface area contributed by atoms with Crippen LogP contribution in [0.3, 0.4) is 0 Å². The van der Waals surface area contributed by atoms with Gasteiger partial charge in [0.25, 0.3) is 5.95 Å². The third kappa shape index (κ3) is 3.93. The fourth-order valence-corrected chi connectivity index (χ4v) is 4.18. The second-order valence-corrected chi connectivity index (χ2v) is 7.49. The van der Waals surface area contributed by atoms with Crippen molar-refractivity contribution in [3.05, 3.63) is 47.8 Å². The van der Waals surface area contributed by atoms with Gasteiger partial charge in [-0.25, -0.2) is 9.97 Å². The molecule has 27 heavy (non-hydrogen) atoms. The van der Waals surface area contributed by atoms with Gasteiger partial charge in [-0.15, -0.1) is 0 Å². The molecular formula is C20H22FN3O3. The summed E-state index contributed by atoms with van der Waals surface area (Å²) in [6.07, 6.45) is 3.00. The van der Waals surface area contributed by atoms with E-state index in [1.165, 1.54) is 12.3 Å². The predicted molar refractivity (Wildman–Crippen MR) is 96.2 cm³/mol. The van der Waals surface area contributed by atoms with E-state index < -0.39 is 5.95 Å². The number of hydrogen-bond donors (Lipinski definition) is 1. The van der Waals surface area contributed by atoms with Crippen LogP contribution in [0.2, 0.25) is 0 Å². The van der Waals surface area contributed by atoms with Gasteiger partial charge in [0, 0.05) is 18.8 Å². The second-order valence-electron chi connectivity index (χ2n) is 7.49. The van der Waals surface area contributed by atoms with E-state index in [0.717, 1.165) is 25.9 Å². The molecule has 1 aliphatic heterocycles. The van der Waals surface area contributed by atoms with Gasteiger partial charge in [0.1, 0.15) is 11.4 Å². The summed E-state index contributed by atoms with van der Waals surface area (Å²) < 4.78 is 19.7.